The molecule has 1 amide bonds. The van der Waals surface area contributed by atoms with E-state index in [0.29, 0.717) is 13.2 Å². The van der Waals surface area contributed by atoms with E-state index in [2.05, 4.69) is 19.8 Å². The average molecular weight is 309 g/mol. The van der Waals surface area contributed by atoms with Gasteiger partial charge in [0.1, 0.15) is 5.54 Å². The van der Waals surface area contributed by atoms with Crippen molar-refractivity contribution in [2.75, 3.05) is 46.3 Å². The number of carbonyl (C=O) groups is 1. The van der Waals surface area contributed by atoms with Crippen LogP contribution >= 0.6 is 0 Å². The number of imidazole rings is 1. The number of likely N-dealkylation sites (N-methyl/N-ethyl adjacent to an activating group) is 1. The Morgan fingerprint density at radius 2 is 2.27 bits per heavy atom. The molecular weight excluding hydrogens is 282 g/mol. The second kappa shape index (κ2) is 6.66. The summed E-state index contributed by atoms with van der Waals surface area (Å²) in [5.74, 6) is 0.938. The van der Waals surface area contributed by atoms with Gasteiger partial charge < -0.3 is 19.5 Å². The topological polar surface area (TPSA) is 62.6 Å². The van der Waals surface area contributed by atoms with E-state index in [1.807, 2.05) is 32.2 Å². The largest absolute Gasteiger partial charge is 0.382 e. The Bertz CT molecular complexity index is 528. The Morgan fingerprint density at radius 3 is 2.82 bits per heavy atom. The molecule has 124 valence electrons. The van der Waals surface area contributed by atoms with Crippen molar-refractivity contribution in [3.63, 3.8) is 0 Å². The molecule has 0 saturated carbocycles. The summed E-state index contributed by atoms with van der Waals surface area (Å²) in [5.41, 5.74) is 0.515. The summed E-state index contributed by atoms with van der Waals surface area (Å²) in [6, 6.07) is 0. The van der Waals surface area contributed by atoms with Gasteiger partial charge in [-0.05, 0) is 19.4 Å². The van der Waals surface area contributed by atoms with Crippen LogP contribution < -0.4 is 10.2 Å². The molecule has 2 rings (SSSR count). The molecule has 1 fully saturated rings. The van der Waals surface area contributed by atoms with E-state index in [-0.39, 0.29) is 5.91 Å². The number of likely N-dealkylation sites (tertiary alicyclic amines) is 1. The molecule has 1 aliphatic heterocycles. The molecule has 2 heterocycles. The zero-order chi connectivity index (χ0) is 16.3. The molecule has 1 N–H and O–H groups in total. The first-order chi connectivity index (χ1) is 10.5. The minimum atomic E-state index is -0.577. The minimum Gasteiger partial charge on any atom is -0.382 e. The molecule has 1 aliphatic rings. The highest BCUT2D eigenvalue weighted by atomic mass is 16.5. The number of anilines is 1. The van der Waals surface area contributed by atoms with Crippen LogP contribution in [0.25, 0.3) is 0 Å². The van der Waals surface area contributed by atoms with Gasteiger partial charge in [-0.2, -0.15) is 0 Å². The van der Waals surface area contributed by atoms with E-state index in [0.717, 1.165) is 31.0 Å². The Hall–Kier alpha value is -1.60. The van der Waals surface area contributed by atoms with Gasteiger partial charge in [0.2, 0.25) is 11.9 Å². The number of nitrogens with one attached hydrogen (secondary N) is 1. The molecule has 22 heavy (non-hydrogen) atoms. The molecule has 1 aromatic heterocycles. The second-order valence-electron chi connectivity index (χ2n) is 6.07. The lowest BCUT2D eigenvalue weighted by Crippen LogP contribution is -2.57. The molecule has 0 aliphatic carbocycles. The maximum absolute atomic E-state index is 12.5. The molecule has 0 radical (unpaired) electrons. The molecule has 0 bridgehead atoms. The van der Waals surface area contributed by atoms with Crippen molar-refractivity contribution >= 4 is 11.9 Å². The zero-order valence-corrected chi connectivity index (χ0v) is 14.2. The smallest absolute Gasteiger partial charge is 0.242 e. The van der Waals surface area contributed by atoms with Crippen molar-refractivity contribution in [1.29, 1.82) is 0 Å². The van der Waals surface area contributed by atoms with Crippen molar-refractivity contribution in [3.05, 3.63) is 11.9 Å². The van der Waals surface area contributed by atoms with E-state index < -0.39 is 5.54 Å². The Balaban J connectivity index is 2.25. The van der Waals surface area contributed by atoms with Crippen molar-refractivity contribution in [2.24, 2.45) is 7.05 Å². The lowest BCUT2D eigenvalue weighted by Gasteiger charge is -2.36. The van der Waals surface area contributed by atoms with Gasteiger partial charge in [0.25, 0.3) is 0 Å². The van der Waals surface area contributed by atoms with Gasteiger partial charge in [-0.15, -0.1) is 0 Å². The first kappa shape index (κ1) is 16.8. The van der Waals surface area contributed by atoms with Gasteiger partial charge >= 0.3 is 0 Å². The van der Waals surface area contributed by atoms with Crippen LogP contribution in [-0.2, 0) is 23.1 Å². The molecule has 7 nitrogen and oxygen atoms in total. The van der Waals surface area contributed by atoms with Gasteiger partial charge in [0.15, 0.2) is 0 Å². The van der Waals surface area contributed by atoms with Crippen LogP contribution in [0, 0.1) is 0 Å². The predicted molar refractivity (Wildman–Crippen MR) is 85.9 cm³/mol. The number of rotatable bonds is 6. The lowest BCUT2D eigenvalue weighted by molar-refractivity contribution is -0.135. The summed E-state index contributed by atoms with van der Waals surface area (Å²) < 4.78 is 7.43. The Morgan fingerprint density at radius 1 is 1.55 bits per heavy atom. The number of carbonyl (C=O) groups excluding carboxylic acids is 1. The highest BCUT2D eigenvalue weighted by Gasteiger charge is 2.47. The highest BCUT2D eigenvalue weighted by Crippen LogP contribution is 2.32. The summed E-state index contributed by atoms with van der Waals surface area (Å²) in [6.45, 7) is 1.98. The number of amides is 1. The van der Waals surface area contributed by atoms with E-state index in [9.17, 15) is 4.79 Å². The maximum atomic E-state index is 12.5. The summed E-state index contributed by atoms with van der Waals surface area (Å²) in [7, 11) is 9.29. The Labute approximate surface area is 132 Å². The van der Waals surface area contributed by atoms with Crippen molar-refractivity contribution in [1.82, 2.24) is 19.8 Å². The fourth-order valence-electron chi connectivity index (χ4n) is 3.31. The van der Waals surface area contributed by atoms with Gasteiger partial charge in [0, 0.05) is 41.8 Å². The third kappa shape index (κ3) is 2.83. The number of hydrogen-bond donors (Lipinski definition) is 1. The van der Waals surface area contributed by atoms with Crippen LogP contribution in [0.2, 0.25) is 0 Å². The molecule has 7 heteroatoms. The second-order valence-corrected chi connectivity index (χ2v) is 6.07. The van der Waals surface area contributed by atoms with E-state index in [4.69, 9.17) is 4.74 Å². The van der Waals surface area contributed by atoms with Gasteiger partial charge in [-0.25, -0.2) is 4.98 Å². The van der Waals surface area contributed by atoms with Crippen LogP contribution in [0.4, 0.5) is 5.95 Å². The third-order valence-electron chi connectivity index (χ3n) is 4.47. The first-order valence-electron chi connectivity index (χ1n) is 7.60. The third-order valence-corrected chi connectivity index (χ3v) is 4.47. The number of hydrogen-bond acceptors (Lipinski definition) is 5. The summed E-state index contributed by atoms with van der Waals surface area (Å²) in [6.07, 6.45) is 3.70. The van der Waals surface area contributed by atoms with Crippen molar-refractivity contribution in [2.45, 2.75) is 24.9 Å². The lowest BCUT2D eigenvalue weighted by atomic mass is 9.95. The van der Waals surface area contributed by atoms with Gasteiger partial charge in [-0.1, -0.05) is 0 Å². The van der Waals surface area contributed by atoms with E-state index >= 15 is 0 Å². The number of ether oxygens (including phenoxy) is 1. The summed E-state index contributed by atoms with van der Waals surface area (Å²) in [4.78, 5) is 21.1. The van der Waals surface area contributed by atoms with E-state index in [1.54, 1.807) is 14.2 Å². The summed E-state index contributed by atoms with van der Waals surface area (Å²) >= 11 is 0. The van der Waals surface area contributed by atoms with Crippen LogP contribution in [0.15, 0.2) is 6.20 Å². The number of aromatic nitrogens is 2. The molecule has 1 aromatic rings. The molecule has 1 unspecified atom stereocenters. The van der Waals surface area contributed by atoms with Gasteiger partial charge in [-0.3, -0.25) is 9.69 Å². The normalized spacial score (nSPS) is 22.0. The van der Waals surface area contributed by atoms with Gasteiger partial charge in [0.05, 0.1) is 18.5 Å². The highest BCUT2D eigenvalue weighted by molar-refractivity contribution is 5.86. The van der Waals surface area contributed by atoms with Crippen molar-refractivity contribution in [3.8, 4) is 0 Å². The average Bonchev–Trinajstić information content (AvgIpc) is 3.05. The first-order valence-corrected chi connectivity index (χ1v) is 7.60. The van der Waals surface area contributed by atoms with Crippen LogP contribution in [-0.4, -0.2) is 67.3 Å². The number of nitrogens with zero attached hydrogens (tertiary/aromatic N) is 4. The number of methoxy groups -OCH3 is 1. The monoisotopic (exact) mass is 309 g/mol. The SMILES string of the molecule is CNC(=O)C1(COC)CCCN1Cc1cnc(N(C)C)n1C. The fraction of sp³-hybridized carbons (Fsp3) is 0.733. The molecule has 1 atom stereocenters. The minimum absolute atomic E-state index is 0.0295. The van der Waals surface area contributed by atoms with E-state index in [1.165, 1.54) is 0 Å². The predicted octanol–water partition coefficient (Wildman–Crippen LogP) is 0.213. The Kier molecular flexibility index (Phi) is 5.08. The zero-order valence-electron chi connectivity index (χ0n) is 14.2. The molecular formula is C15H27N5O2. The van der Waals surface area contributed by atoms with Crippen LogP contribution in [0.5, 0.6) is 0 Å². The standard InChI is InChI=1S/C15H27N5O2/c1-16-13(21)15(11-22-5)7-6-8-20(15)10-12-9-17-14(18(2)3)19(12)4/h9H,6-8,10-11H2,1-5H3,(H,16,21). The quantitative estimate of drug-likeness (QED) is 0.814. The van der Waals surface area contributed by atoms with Crippen molar-refractivity contribution < 1.29 is 9.53 Å². The fourth-order valence-corrected chi connectivity index (χ4v) is 3.31. The molecule has 0 aromatic carbocycles. The van der Waals surface area contributed by atoms with Crippen LogP contribution in [0.3, 0.4) is 0 Å². The molecule has 0 spiro atoms. The molecule has 1 saturated heterocycles. The maximum Gasteiger partial charge on any atom is 0.242 e. The summed E-state index contributed by atoms with van der Waals surface area (Å²) in [5, 5.41) is 2.80. The van der Waals surface area contributed by atoms with Crippen LogP contribution in [0.1, 0.15) is 18.5 Å².